The van der Waals surface area contributed by atoms with E-state index in [1.54, 1.807) is 34.8 Å². The highest BCUT2D eigenvalue weighted by atomic mass is 32.1. The number of aryl methyl sites for hydroxylation is 2. The summed E-state index contributed by atoms with van der Waals surface area (Å²) >= 11 is 3.41. The highest BCUT2D eigenvalue weighted by Crippen LogP contribution is 2.46. The number of aliphatic hydroxyl groups is 2. The van der Waals surface area contributed by atoms with Crippen molar-refractivity contribution in [2.75, 3.05) is 6.61 Å². The van der Waals surface area contributed by atoms with Crippen molar-refractivity contribution >= 4 is 28.5 Å². The normalized spacial score (nSPS) is 18.8. The van der Waals surface area contributed by atoms with Crippen molar-refractivity contribution in [1.82, 2.24) is 0 Å². The van der Waals surface area contributed by atoms with Crippen LogP contribution < -0.4 is 0 Å². The SMILES string of the molecule is Cc1ccc(C(C)C(c2ccc(-c3ccc(F)cc3)s2)c2cc([C@H]3CC(=O)[C@@H](O)[C@@H](CO)O3)ccc2C)cc1Cc1ccc(-c2ccc(F)cc2)s1. The van der Waals surface area contributed by atoms with Gasteiger partial charge in [-0.1, -0.05) is 67.6 Å². The van der Waals surface area contributed by atoms with Crippen LogP contribution in [0.1, 0.15) is 74.4 Å². The first-order valence-electron chi connectivity index (χ1n) is 17.4. The van der Waals surface area contributed by atoms with Gasteiger partial charge in [-0.3, -0.25) is 4.79 Å². The fraction of sp³-hybridized carbons (Fsp3) is 0.250. The van der Waals surface area contributed by atoms with Crippen molar-refractivity contribution in [2.45, 2.75) is 63.8 Å². The van der Waals surface area contributed by atoms with Crippen LogP contribution in [0.15, 0.2) is 109 Å². The Balaban J connectivity index is 1.25. The molecule has 2 aromatic heterocycles. The maximum Gasteiger partial charge on any atom is 0.166 e. The van der Waals surface area contributed by atoms with Crippen molar-refractivity contribution in [1.29, 1.82) is 0 Å². The summed E-state index contributed by atoms with van der Waals surface area (Å²) in [6, 6.07) is 34.5. The van der Waals surface area contributed by atoms with Gasteiger partial charge >= 0.3 is 0 Å². The van der Waals surface area contributed by atoms with Gasteiger partial charge in [0.2, 0.25) is 0 Å². The van der Waals surface area contributed by atoms with Gasteiger partial charge in [0.05, 0.1) is 12.7 Å². The molecule has 0 aliphatic carbocycles. The van der Waals surface area contributed by atoms with E-state index in [4.69, 9.17) is 4.74 Å². The monoisotopic (exact) mass is 734 g/mol. The van der Waals surface area contributed by atoms with Gasteiger partial charge in [0, 0.05) is 38.3 Å². The van der Waals surface area contributed by atoms with Crippen LogP contribution in [0.25, 0.3) is 20.9 Å². The Bertz CT molecular complexity index is 2190. The van der Waals surface area contributed by atoms with Crippen LogP contribution in [0.3, 0.4) is 0 Å². The Morgan fingerprint density at radius 2 is 1.42 bits per heavy atom. The lowest BCUT2D eigenvalue weighted by molar-refractivity contribution is -0.164. The zero-order chi connectivity index (χ0) is 36.5. The third kappa shape index (κ3) is 7.58. The van der Waals surface area contributed by atoms with Gasteiger partial charge in [-0.05, 0) is 113 Å². The van der Waals surface area contributed by atoms with Gasteiger partial charge in [-0.25, -0.2) is 8.78 Å². The molecule has 266 valence electrons. The van der Waals surface area contributed by atoms with E-state index in [1.807, 2.05) is 18.2 Å². The molecule has 0 radical (unpaired) electrons. The summed E-state index contributed by atoms with van der Waals surface area (Å²) in [4.78, 5) is 17.2. The Hall–Kier alpha value is -4.31. The Morgan fingerprint density at radius 3 is 2.10 bits per heavy atom. The smallest absolute Gasteiger partial charge is 0.166 e. The molecule has 1 aliphatic rings. The van der Waals surface area contributed by atoms with Gasteiger partial charge in [0.25, 0.3) is 0 Å². The summed E-state index contributed by atoms with van der Waals surface area (Å²) in [7, 11) is 0. The number of rotatable bonds is 10. The predicted octanol–water partition coefficient (Wildman–Crippen LogP) is 10.3. The van der Waals surface area contributed by atoms with Crippen molar-refractivity contribution in [3.05, 3.63) is 164 Å². The molecular formula is C44H40F2O4S2. The number of halogens is 2. The van der Waals surface area contributed by atoms with Crippen molar-refractivity contribution in [3.8, 4) is 20.9 Å². The molecule has 6 aromatic rings. The van der Waals surface area contributed by atoms with Crippen LogP contribution in [0.2, 0.25) is 0 Å². The van der Waals surface area contributed by atoms with Crippen LogP contribution >= 0.6 is 22.7 Å². The molecule has 1 saturated heterocycles. The first-order valence-corrected chi connectivity index (χ1v) is 19.1. The highest BCUT2D eigenvalue weighted by molar-refractivity contribution is 7.15. The van der Waals surface area contributed by atoms with Crippen molar-refractivity contribution < 1.29 is 28.5 Å². The molecule has 5 atom stereocenters. The summed E-state index contributed by atoms with van der Waals surface area (Å²) in [6.45, 7) is 6.03. The van der Waals surface area contributed by atoms with Crippen molar-refractivity contribution in [2.24, 2.45) is 0 Å². The fourth-order valence-electron chi connectivity index (χ4n) is 7.12. The second-order valence-corrected chi connectivity index (χ2v) is 16.0. The molecule has 3 heterocycles. The van der Waals surface area contributed by atoms with Gasteiger partial charge < -0.3 is 14.9 Å². The largest absolute Gasteiger partial charge is 0.394 e. The zero-order valence-electron chi connectivity index (χ0n) is 29.2. The summed E-state index contributed by atoms with van der Waals surface area (Å²) < 4.78 is 33.4. The molecule has 0 bridgehead atoms. The van der Waals surface area contributed by atoms with E-state index < -0.39 is 24.9 Å². The molecule has 4 aromatic carbocycles. The molecule has 8 heteroatoms. The first-order chi connectivity index (χ1) is 25.1. The van der Waals surface area contributed by atoms with Crippen LogP contribution in [0, 0.1) is 25.5 Å². The average molecular weight is 735 g/mol. The van der Waals surface area contributed by atoms with Gasteiger partial charge in [0.1, 0.15) is 23.8 Å². The molecule has 4 nitrogen and oxygen atoms in total. The molecule has 52 heavy (non-hydrogen) atoms. The van der Waals surface area contributed by atoms with Gasteiger partial charge in [-0.15, -0.1) is 22.7 Å². The van der Waals surface area contributed by atoms with Gasteiger partial charge in [-0.2, -0.15) is 0 Å². The number of ether oxygens (including phenoxy) is 1. The third-order valence-corrected chi connectivity index (χ3v) is 12.6. The lowest BCUT2D eigenvalue weighted by Gasteiger charge is -2.33. The number of ketones is 1. The minimum Gasteiger partial charge on any atom is -0.394 e. The second-order valence-electron chi connectivity index (χ2n) is 13.7. The lowest BCUT2D eigenvalue weighted by Crippen LogP contribution is -2.44. The summed E-state index contributed by atoms with van der Waals surface area (Å²) in [6.07, 6.45) is -2.09. The Labute approximate surface area is 311 Å². The van der Waals surface area contributed by atoms with Crippen molar-refractivity contribution in [3.63, 3.8) is 0 Å². The predicted molar refractivity (Wildman–Crippen MR) is 205 cm³/mol. The van der Waals surface area contributed by atoms with Crippen LogP contribution in [0.4, 0.5) is 8.78 Å². The van der Waals surface area contributed by atoms with E-state index in [9.17, 15) is 23.8 Å². The number of hydrogen-bond donors (Lipinski definition) is 2. The molecule has 0 amide bonds. The molecule has 7 rings (SSSR count). The summed E-state index contributed by atoms with van der Waals surface area (Å²) in [5.74, 6) is -0.897. The molecule has 2 N–H and O–H groups in total. The Kier molecular flexibility index (Phi) is 10.6. The highest BCUT2D eigenvalue weighted by Gasteiger charge is 2.37. The number of Topliss-reactive ketones (excluding diaryl/α,β-unsaturated/α-hetero) is 1. The minimum absolute atomic E-state index is 0.0288. The van der Waals surface area contributed by atoms with Crippen LogP contribution in [0.5, 0.6) is 0 Å². The van der Waals surface area contributed by atoms with E-state index >= 15 is 0 Å². The molecule has 1 fully saturated rings. The third-order valence-electron chi connectivity index (χ3n) is 10.2. The molecule has 2 unspecified atom stereocenters. The maximum atomic E-state index is 13.8. The molecular weight excluding hydrogens is 695 g/mol. The average Bonchev–Trinajstić information content (AvgIpc) is 3.82. The topological polar surface area (TPSA) is 66.8 Å². The minimum atomic E-state index is -1.34. The standard InChI is InChI=1S/C44H40F2O4S2/c1-25-4-6-30(20-32(25)21-35-16-17-40(51-35)28-8-12-33(45)13-9-28)27(3)43(42-19-18-41(52-42)29-10-14-34(46)15-11-29)36-22-31(7-5-26(36)2)38-23-37(48)44(49)39(24-47)50-38/h4-20,22,27,38-39,43-44,47,49H,21,23-24H2,1-3H3/t27?,38-,39-,43?,44-/m1/s1. The lowest BCUT2D eigenvalue weighted by atomic mass is 9.78. The number of hydrogen-bond acceptors (Lipinski definition) is 6. The number of carbonyl (C=O) groups is 1. The van der Waals surface area contributed by atoms with E-state index in [0.717, 1.165) is 48.9 Å². The molecule has 0 spiro atoms. The quantitative estimate of drug-likeness (QED) is 0.147. The number of thiophene rings is 2. The maximum absolute atomic E-state index is 13.8. The van der Waals surface area contributed by atoms with E-state index in [1.165, 1.54) is 45.8 Å². The number of carbonyl (C=O) groups excluding carboxylic acids is 1. The van der Waals surface area contributed by atoms with Crippen LogP contribution in [-0.4, -0.2) is 34.8 Å². The zero-order valence-corrected chi connectivity index (χ0v) is 30.8. The molecule has 1 aliphatic heterocycles. The van der Waals surface area contributed by atoms with Gasteiger partial charge in [0.15, 0.2) is 5.78 Å². The number of benzene rings is 4. The molecule has 0 saturated carbocycles. The van der Waals surface area contributed by atoms with E-state index in [0.29, 0.717) is 0 Å². The van der Waals surface area contributed by atoms with E-state index in [-0.39, 0.29) is 35.7 Å². The first kappa shape index (κ1) is 36.1. The summed E-state index contributed by atoms with van der Waals surface area (Å²) in [5.41, 5.74) is 8.60. The van der Waals surface area contributed by atoms with Crippen LogP contribution in [-0.2, 0) is 16.0 Å². The fourth-order valence-corrected chi connectivity index (χ4v) is 9.40. The summed E-state index contributed by atoms with van der Waals surface area (Å²) in [5, 5.41) is 20.1. The second kappa shape index (κ2) is 15.3. The number of aliphatic hydroxyl groups excluding tert-OH is 2. The van der Waals surface area contributed by atoms with E-state index in [2.05, 4.69) is 75.4 Å². The Morgan fingerprint density at radius 1 is 0.788 bits per heavy atom.